The van der Waals surface area contributed by atoms with Crippen molar-refractivity contribution in [2.45, 2.75) is 6.92 Å². The minimum absolute atomic E-state index is 1.05. The van der Waals surface area contributed by atoms with Gasteiger partial charge in [-0.25, -0.2) is 0 Å². The summed E-state index contributed by atoms with van der Waals surface area (Å²) in [6.07, 6.45) is 1.92. The van der Waals surface area contributed by atoms with Crippen LogP contribution in [0.3, 0.4) is 0 Å². The molecule has 0 unspecified atom stereocenters. The quantitative estimate of drug-likeness (QED) is 0.313. The SMILES string of the molecule is Cc1cccc(-c2nccc3c2ccc2cc(-c4ccccc4)ccc23)c1. The molecule has 1 heteroatoms. The Hall–Kier alpha value is -3.45. The van der Waals surface area contributed by atoms with E-state index in [4.69, 9.17) is 4.98 Å². The summed E-state index contributed by atoms with van der Waals surface area (Å²) in [5.74, 6) is 0. The van der Waals surface area contributed by atoms with Gasteiger partial charge in [0.25, 0.3) is 0 Å². The lowest BCUT2D eigenvalue weighted by molar-refractivity contribution is 1.35. The van der Waals surface area contributed by atoms with Crippen LogP contribution < -0.4 is 0 Å². The average molecular weight is 345 g/mol. The molecule has 0 spiro atoms. The van der Waals surface area contributed by atoms with E-state index in [1.807, 2.05) is 6.20 Å². The Morgan fingerprint density at radius 1 is 0.556 bits per heavy atom. The molecule has 0 saturated carbocycles. The van der Waals surface area contributed by atoms with Crippen molar-refractivity contribution in [3.63, 3.8) is 0 Å². The van der Waals surface area contributed by atoms with Gasteiger partial charge in [0.2, 0.25) is 0 Å². The molecule has 0 saturated heterocycles. The van der Waals surface area contributed by atoms with Crippen molar-refractivity contribution in [2.24, 2.45) is 0 Å². The molecule has 0 aliphatic heterocycles. The van der Waals surface area contributed by atoms with Gasteiger partial charge in [0.05, 0.1) is 5.69 Å². The zero-order chi connectivity index (χ0) is 18.2. The molecule has 0 atom stereocenters. The molecule has 0 fully saturated rings. The van der Waals surface area contributed by atoms with Crippen LogP contribution >= 0.6 is 0 Å². The maximum absolute atomic E-state index is 4.69. The van der Waals surface area contributed by atoms with Gasteiger partial charge >= 0.3 is 0 Å². The molecule has 0 N–H and O–H groups in total. The lowest BCUT2D eigenvalue weighted by atomic mass is 9.95. The number of rotatable bonds is 2. The van der Waals surface area contributed by atoms with Crippen LogP contribution in [0.1, 0.15) is 5.56 Å². The number of benzene rings is 4. The molecule has 27 heavy (non-hydrogen) atoms. The second kappa shape index (κ2) is 6.37. The average Bonchev–Trinajstić information content (AvgIpc) is 2.73. The zero-order valence-corrected chi connectivity index (χ0v) is 15.2. The summed E-state index contributed by atoms with van der Waals surface area (Å²) in [4.78, 5) is 4.69. The van der Waals surface area contributed by atoms with E-state index in [0.717, 1.165) is 5.69 Å². The van der Waals surface area contributed by atoms with E-state index in [9.17, 15) is 0 Å². The van der Waals surface area contributed by atoms with Crippen LogP contribution in [0.15, 0.2) is 97.2 Å². The molecule has 128 valence electrons. The molecule has 4 aromatic carbocycles. The predicted octanol–water partition coefficient (Wildman–Crippen LogP) is 7.03. The van der Waals surface area contributed by atoms with Gasteiger partial charge in [0.15, 0.2) is 0 Å². The highest BCUT2D eigenvalue weighted by Crippen LogP contribution is 2.33. The number of fused-ring (bicyclic) bond motifs is 3. The highest BCUT2D eigenvalue weighted by Gasteiger charge is 2.09. The lowest BCUT2D eigenvalue weighted by Crippen LogP contribution is -1.88. The summed E-state index contributed by atoms with van der Waals surface area (Å²) in [5.41, 5.74) is 5.95. The van der Waals surface area contributed by atoms with Crippen LogP contribution in [-0.2, 0) is 0 Å². The van der Waals surface area contributed by atoms with E-state index in [-0.39, 0.29) is 0 Å². The fraction of sp³-hybridized carbons (Fsp3) is 0.0385. The summed E-state index contributed by atoms with van der Waals surface area (Å²) in [7, 11) is 0. The van der Waals surface area contributed by atoms with E-state index < -0.39 is 0 Å². The van der Waals surface area contributed by atoms with Crippen LogP contribution in [0.4, 0.5) is 0 Å². The smallest absolute Gasteiger partial charge is 0.0780 e. The van der Waals surface area contributed by atoms with Gasteiger partial charge in [-0.2, -0.15) is 0 Å². The van der Waals surface area contributed by atoms with Crippen molar-refractivity contribution in [2.75, 3.05) is 0 Å². The zero-order valence-electron chi connectivity index (χ0n) is 15.2. The maximum Gasteiger partial charge on any atom is 0.0780 e. The summed E-state index contributed by atoms with van der Waals surface area (Å²) in [6.45, 7) is 2.12. The van der Waals surface area contributed by atoms with Gasteiger partial charge in [0.1, 0.15) is 0 Å². The molecule has 1 aromatic heterocycles. The third kappa shape index (κ3) is 2.78. The first kappa shape index (κ1) is 15.8. The topological polar surface area (TPSA) is 12.9 Å². The molecule has 0 aliphatic carbocycles. The molecule has 0 amide bonds. The Balaban J connectivity index is 1.73. The van der Waals surface area contributed by atoms with Crippen LogP contribution in [-0.4, -0.2) is 4.98 Å². The lowest BCUT2D eigenvalue weighted by Gasteiger charge is -2.10. The van der Waals surface area contributed by atoms with Gasteiger partial charge in [-0.15, -0.1) is 0 Å². The molecular formula is C26H19N. The molecule has 1 heterocycles. The highest BCUT2D eigenvalue weighted by molar-refractivity contribution is 6.11. The highest BCUT2D eigenvalue weighted by atomic mass is 14.7. The first-order chi connectivity index (χ1) is 13.3. The number of aryl methyl sites for hydroxylation is 1. The number of hydrogen-bond acceptors (Lipinski definition) is 1. The number of pyridine rings is 1. The van der Waals surface area contributed by atoms with Crippen molar-refractivity contribution in [3.05, 3.63) is 103 Å². The second-order valence-electron chi connectivity index (χ2n) is 6.99. The molecule has 0 bridgehead atoms. The summed E-state index contributed by atoms with van der Waals surface area (Å²) in [6, 6.07) is 32.3. The monoisotopic (exact) mass is 345 g/mol. The first-order valence-electron chi connectivity index (χ1n) is 9.23. The fourth-order valence-corrected chi connectivity index (χ4v) is 3.83. The molecular weight excluding hydrogens is 326 g/mol. The van der Waals surface area contributed by atoms with E-state index in [1.165, 1.54) is 43.8 Å². The Kier molecular flexibility index (Phi) is 3.72. The van der Waals surface area contributed by atoms with Gasteiger partial charge in [-0.3, -0.25) is 4.98 Å². The van der Waals surface area contributed by atoms with Crippen LogP contribution in [0.5, 0.6) is 0 Å². The minimum Gasteiger partial charge on any atom is -0.256 e. The molecule has 0 aliphatic rings. The third-order valence-corrected chi connectivity index (χ3v) is 5.16. The van der Waals surface area contributed by atoms with E-state index in [1.54, 1.807) is 0 Å². The predicted molar refractivity (Wildman–Crippen MR) is 115 cm³/mol. The van der Waals surface area contributed by atoms with Crippen molar-refractivity contribution in [1.29, 1.82) is 0 Å². The molecule has 5 rings (SSSR count). The van der Waals surface area contributed by atoms with E-state index in [2.05, 4.69) is 97.9 Å². The van der Waals surface area contributed by atoms with Crippen LogP contribution in [0, 0.1) is 6.92 Å². The Morgan fingerprint density at radius 3 is 2.22 bits per heavy atom. The summed E-state index contributed by atoms with van der Waals surface area (Å²) < 4.78 is 0. The minimum atomic E-state index is 1.05. The fourth-order valence-electron chi connectivity index (χ4n) is 3.83. The first-order valence-corrected chi connectivity index (χ1v) is 9.23. The van der Waals surface area contributed by atoms with Gasteiger partial charge < -0.3 is 0 Å². The van der Waals surface area contributed by atoms with Crippen molar-refractivity contribution in [3.8, 4) is 22.4 Å². The van der Waals surface area contributed by atoms with Gasteiger partial charge in [-0.05, 0) is 52.4 Å². The number of aromatic nitrogens is 1. The molecule has 5 aromatic rings. The molecule has 1 nitrogen and oxygen atoms in total. The Morgan fingerprint density at radius 2 is 1.37 bits per heavy atom. The number of nitrogens with zero attached hydrogens (tertiary/aromatic N) is 1. The van der Waals surface area contributed by atoms with Crippen molar-refractivity contribution >= 4 is 21.5 Å². The Labute approximate surface area is 158 Å². The maximum atomic E-state index is 4.69. The van der Waals surface area contributed by atoms with Gasteiger partial charge in [0, 0.05) is 17.1 Å². The standard InChI is InChI=1S/C26H19N/c1-18-6-5-9-22(16-18)26-25-13-11-21-17-20(19-7-3-2-4-8-19)10-12-23(21)24(25)14-15-27-26/h2-17H,1H3. The normalized spacial score (nSPS) is 11.1. The van der Waals surface area contributed by atoms with E-state index in [0.29, 0.717) is 0 Å². The van der Waals surface area contributed by atoms with Crippen LogP contribution in [0.25, 0.3) is 43.9 Å². The largest absolute Gasteiger partial charge is 0.256 e. The van der Waals surface area contributed by atoms with Crippen molar-refractivity contribution < 1.29 is 0 Å². The summed E-state index contributed by atoms with van der Waals surface area (Å²) >= 11 is 0. The second-order valence-corrected chi connectivity index (χ2v) is 6.99. The summed E-state index contributed by atoms with van der Waals surface area (Å²) in [5, 5.41) is 4.97. The molecule has 0 radical (unpaired) electrons. The van der Waals surface area contributed by atoms with Gasteiger partial charge in [-0.1, -0.05) is 78.4 Å². The van der Waals surface area contributed by atoms with Crippen molar-refractivity contribution in [1.82, 2.24) is 4.98 Å². The Bertz CT molecular complexity index is 1270. The van der Waals surface area contributed by atoms with Crippen LogP contribution in [0.2, 0.25) is 0 Å². The number of hydrogen-bond donors (Lipinski definition) is 0. The van der Waals surface area contributed by atoms with E-state index >= 15 is 0 Å². The third-order valence-electron chi connectivity index (χ3n) is 5.16.